The van der Waals surface area contributed by atoms with Crippen molar-refractivity contribution in [1.29, 1.82) is 0 Å². The van der Waals surface area contributed by atoms with E-state index in [1.807, 2.05) is 19.2 Å². The van der Waals surface area contributed by atoms with Crippen molar-refractivity contribution in [1.82, 2.24) is 10.6 Å². The quantitative estimate of drug-likeness (QED) is 0.725. The van der Waals surface area contributed by atoms with Crippen LogP contribution in [0, 0.1) is 5.92 Å². The summed E-state index contributed by atoms with van der Waals surface area (Å²) >= 11 is 0. The third-order valence-corrected chi connectivity index (χ3v) is 3.09. The van der Waals surface area contributed by atoms with E-state index in [9.17, 15) is 14.4 Å². The second kappa shape index (κ2) is 9.51. The van der Waals surface area contributed by atoms with Crippen LogP contribution in [0.2, 0.25) is 0 Å². The second-order valence-electron chi connectivity index (χ2n) is 5.69. The maximum absolute atomic E-state index is 12.2. The van der Waals surface area contributed by atoms with E-state index in [-0.39, 0.29) is 5.56 Å². The molecular weight excluding hydrogens is 328 g/mol. The summed E-state index contributed by atoms with van der Waals surface area (Å²) in [5.41, 5.74) is 0.202. The number of amides is 3. The highest BCUT2D eigenvalue weighted by molar-refractivity contribution is 5.98. The summed E-state index contributed by atoms with van der Waals surface area (Å²) in [5, 5.41) is 4.27. The normalized spacial score (nSPS) is 11.4. The number of rotatable bonds is 7. The van der Waals surface area contributed by atoms with Crippen LogP contribution >= 0.6 is 0 Å². The Hall–Kier alpha value is -2.77. The Kier molecular flexibility index (Phi) is 7.71. The number of nitrogens with one attached hydrogen (secondary N) is 2. The van der Waals surface area contributed by atoms with Crippen molar-refractivity contribution in [3.8, 4) is 11.5 Å². The van der Waals surface area contributed by atoms with Crippen LogP contribution in [0.1, 0.15) is 31.1 Å². The van der Waals surface area contributed by atoms with Crippen molar-refractivity contribution in [3.63, 3.8) is 0 Å². The van der Waals surface area contributed by atoms with Crippen LogP contribution in [-0.4, -0.2) is 44.8 Å². The number of urea groups is 1. The van der Waals surface area contributed by atoms with Gasteiger partial charge in [0.15, 0.2) is 17.6 Å². The molecule has 0 radical (unpaired) electrons. The number of carbonyl (C=O) groups excluding carboxylic acids is 3. The Morgan fingerprint density at radius 1 is 1.12 bits per heavy atom. The Balaban J connectivity index is 2.78. The molecule has 2 N–H and O–H groups in total. The predicted octanol–water partition coefficient (Wildman–Crippen LogP) is 1.73. The summed E-state index contributed by atoms with van der Waals surface area (Å²) in [7, 11) is 2.83. The van der Waals surface area contributed by atoms with Crippen molar-refractivity contribution >= 4 is 17.9 Å². The third kappa shape index (κ3) is 6.33. The first-order valence-electron chi connectivity index (χ1n) is 7.82. The lowest BCUT2D eigenvalue weighted by Crippen LogP contribution is -2.43. The fourth-order valence-electron chi connectivity index (χ4n) is 1.73. The molecule has 0 aliphatic heterocycles. The molecule has 0 aliphatic carbocycles. The largest absolute Gasteiger partial charge is 0.493 e. The summed E-state index contributed by atoms with van der Waals surface area (Å²) in [4.78, 5) is 35.0. The molecule has 8 heteroatoms. The predicted molar refractivity (Wildman–Crippen MR) is 90.8 cm³/mol. The number of carbonyl (C=O) groups is 3. The molecule has 0 saturated carbocycles. The first-order chi connectivity index (χ1) is 11.8. The Bertz CT molecular complexity index is 630. The highest BCUT2D eigenvalue weighted by atomic mass is 16.5. The molecule has 1 aromatic carbocycles. The van der Waals surface area contributed by atoms with E-state index in [1.54, 1.807) is 6.07 Å². The van der Waals surface area contributed by atoms with Crippen LogP contribution in [0.15, 0.2) is 18.2 Å². The zero-order chi connectivity index (χ0) is 19.0. The van der Waals surface area contributed by atoms with Gasteiger partial charge in [0.1, 0.15) is 0 Å². The van der Waals surface area contributed by atoms with Crippen LogP contribution < -0.4 is 20.1 Å². The number of hydrogen-bond donors (Lipinski definition) is 2. The van der Waals surface area contributed by atoms with Gasteiger partial charge in [-0.2, -0.15) is 0 Å². The van der Waals surface area contributed by atoms with Crippen molar-refractivity contribution in [2.75, 3.05) is 20.8 Å². The molecule has 3 amide bonds. The molecule has 0 spiro atoms. The average Bonchev–Trinajstić information content (AvgIpc) is 2.59. The Morgan fingerprint density at radius 3 is 2.36 bits per heavy atom. The van der Waals surface area contributed by atoms with Crippen LogP contribution in [0.4, 0.5) is 4.79 Å². The van der Waals surface area contributed by atoms with Gasteiger partial charge in [0.25, 0.3) is 5.91 Å². The van der Waals surface area contributed by atoms with Crippen molar-refractivity contribution in [2.45, 2.75) is 26.9 Å². The highest BCUT2D eigenvalue weighted by Crippen LogP contribution is 2.28. The zero-order valence-corrected chi connectivity index (χ0v) is 15.0. The van der Waals surface area contributed by atoms with Gasteiger partial charge in [-0.05, 0) is 31.0 Å². The van der Waals surface area contributed by atoms with Crippen molar-refractivity contribution in [2.24, 2.45) is 5.92 Å². The van der Waals surface area contributed by atoms with Gasteiger partial charge >= 0.3 is 12.0 Å². The third-order valence-electron chi connectivity index (χ3n) is 3.09. The topological polar surface area (TPSA) is 103 Å². The maximum atomic E-state index is 12.2. The van der Waals surface area contributed by atoms with E-state index < -0.39 is 24.0 Å². The van der Waals surface area contributed by atoms with Crippen LogP contribution in [0.3, 0.4) is 0 Å². The molecule has 0 aliphatic rings. The van der Waals surface area contributed by atoms with Gasteiger partial charge in [-0.25, -0.2) is 9.59 Å². The molecule has 0 saturated heterocycles. The molecule has 0 fully saturated rings. The van der Waals surface area contributed by atoms with Crippen molar-refractivity contribution < 1.29 is 28.6 Å². The van der Waals surface area contributed by atoms with E-state index in [0.29, 0.717) is 24.0 Å². The van der Waals surface area contributed by atoms with E-state index in [4.69, 9.17) is 14.2 Å². The standard InChI is InChI=1S/C17H24N2O6/c1-10(2)9-24-13-7-6-12(8-14(13)23-5)16(21)25-11(3)15(20)19-17(22)18-4/h6-8,10-11H,9H2,1-5H3,(H2,18,19,20,22). The lowest BCUT2D eigenvalue weighted by atomic mass is 10.2. The average molecular weight is 352 g/mol. The molecule has 1 atom stereocenters. The second-order valence-corrected chi connectivity index (χ2v) is 5.69. The number of imide groups is 1. The van der Waals surface area contributed by atoms with Crippen LogP contribution in [0.5, 0.6) is 11.5 Å². The molecule has 1 unspecified atom stereocenters. The van der Waals surface area contributed by atoms with E-state index >= 15 is 0 Å². The monoisotopic (exact) mass is 352 g/mol. The first-order valence-corrected chi connectivity index (χ1v) is 7.82. The van der Waals surface area contributed by atoms with E-state index in [2.05, 4.69) is 5.32 Å². The zero-order valence-electron chi connectivity index (χ0n) is 15.0. The van der Waals surface area contributed by atoms with Gasteiger partial charge in [-0.3, -0.25) is 10.1 Å². The molecule has 1 aromatic rings. The fourth-order valence-corrected chi connectivity index (χ4v) is 1.73. The summed E-state index contributed by atoms with van der Waals surface area (Å²) in [6.45, 7) is 5.91. The molecular formula is C17H24N2O6. The van der Waals surface area contributed by atoms with Gasteiger partial charge in [-0.1, -0.05) is 13.8 Å². The minimum Gasteiger partial charge on any atom is -0.493 e. The smallest absolute Gasteiger partial charge is 0.339 e. The summed E-state index contributed by atoms with van der Waals surface area (Å²) in [5.74, 6) is -0.199. The highest BCUT2D eigenvalue weighted by Gasteiger charge is 2.21. The first kappa shape index (κ1) is 20.3. The Morgan fingerprint density at radius 2 is 1.80 bits per heavy atom. The maximum Gasteiger partial charge on any atom is 0.339 e. The Labute approximate surface area is 146 Å². The number of benzene rings is 1. The number of ether oxygens (including phenoxy) is 3. The number of hydrogen-bond acceptors (Lipinski definition) is 6. The summed E-state index contributed by atoms with van der Waals surface area (Å²) < 4.78 is 15.9. The minimum atomic E-state index is -1.13. The molecule has 1 rings (SSSR count). The van der Waals surface area contributed by atoms with Gasteiger partial charge in [0, 0.05) is 7.05 Å². The van der Waals surface area contributed by atoms with E-state index in [0.717, 1.165) is 0 Å². The fraction of sp³-hybridized carbons (Fsp3) is 0.471. The lowest BCUT2D eigenvalue weighted by Gasteiger charge is -2.15. The number of esters is 1. The van der Waals surface area contributed by atoms with Gasteiger partial charge in [0.05, 0.1) is 19.3 Å². The molecule has 138 valence electrons. The molecule has 0 bridgehead atoms. The van der Waals surface area contributed by atoms with Crippen LogP contribution in [-0.2, 0) is 9.53 Å². The van der Waals surface area contributed by atoms with Gasteiger partial charge in [0.2, 0.25) is 0 Å². The van der Waals surface area contributed by atoms with Crippen molar-refractivity contribution in [3.05, 3.63) is 23.8 Å². The molecule has 25 heavy (non-hydrogen) atoms. The molecule has 8 nitrogen and oxygen atoms in total. The molecule has 0 heterocycles. The van der Waals surface area contributed by atoms with Crippen LogP contribution in [0.25, 0.3) is 0 Å². The molecule has 0 aromatic heterocycles. The van der Waals surface area contributed by atoms with E-state index in [1.165, 1.54) is 33.2 Å². The minimum absolute atomic E-state index is 0.202. The lowest BCUT2D eigenvalue weighted by molar-refractivity contribution is -0.127. The van der Waals surface area contributed by atoms with Gasteiger partial charge in [-0.15, -0.1) is 0 Å². The number of methoxy groups -OCH3 is 1. The summed E-state index contributed by atoms with van der Waals surface area (Å²) in [6.07, 6.45) is -1.13. The summed E-state index contributed by atoms with van der Waals surface area (Å²) in [6, 6.07) is 3.92. The van der Waals surface area contributed by atoms with Gasteiger partial charge < -0.3 is 19.5 Å². The SMILES string of the molecule is CNC(=O)NC(=O)C(C)OC(=O)c1ccc(OCC(C)C)c(OC)c1.